The number of anilines is 1. The zero-order valence-corrected chi connectivity index (χ0v) is 15.8. The molecule has 0 spiro atoms. The first-order valence-corrected chi connectivity index (χ1v) is 9.08. The van der Waals surface area contributed by atoms with E-state index in [0.717, 1.165) is 35.9 Å². The average Bonchev–Trinajstić information content (AvgIpc) is 2.93. The highest BCUT2D eigenvalue weighted by molar-refractivity contribution is 6.08. The minimum atomic E-state index is -0.436. The molecule has 27 heavy (non-hydrogen) atoms. The van der Waals surface area contributed by atoms with Gasteiger partial charge in [-0.2, -0.15) is 0 Å². The van der Waals surface area contributed by atoms with Gasteiger partial charge in [0.25, 0.3) is 11.6 Å². The molecule has 0 unspecified atom stereocenters. The number of benzene rings is 2. The molecule has 2 aromatic carbocycles. The zero-order chi connectivity index (χ0) is 19.6. The maximum atomic E-state index is 13.1. The van der Waals surface area contributed by atoms with Gasteiger partial charge in [0.05, 0.1) is 16.2 Å². The lowest BCUT2D eigenvalue weighted by atomic mass is 10.1. The first kappa shape index (κ1) is 18.6. The molecule has 1 N–H and O–H groups in total. The van der Waals surface area contributed by atoms with Crippen molar-refractivity contribution in [1.82, 2.24) is 4.57 Å². The lowest BCUT2D eigenvalue weighted by Crippen LogP contribution is -2.19. The van der Waals surface area contributed by atoms with Crippen LogP contribution < -0.4 is 5.32 Å². The van der Waals surface area contributed by atoms with Crippen LogP contribution in [0.15, 0.2) is 42.5 Å². The van der Waals surface area contributed by atoms with Gasteiger partial charge in [0, 0.05) is 23.5 Å². The van der Waals surface area contributed by atoms with Gasteiger partial charge in [-0.3, -0.25) is 14.9 Å². The van der Waals surface area contributed by atoms with Crippen LogP contribution in [0.2, 0.25) is 0 Å². The predicted molar refractivity (Wildman–Crippen MR) is 107 cm³/mol. The van der Waals surface area contributed by atoms with Crippen molar-refractivity contribution >= 4 is 28.2 Å². The molecule has 0 fully saturated rings. The molecule has 0 bridgehead atoms. The Hall–Kier alpha value is -3.15. The number of hydrogen-bond acceptors (Lipinski definition) is 3. The number of para-hydroxylation sites is 1. The summed E-state index contributed by atoms with van der Waals surface area (Å²) >= 11 is 0. The van der Waals surface area contributed by atoms with Crippen LogP contribution in [0.1, 0.15) is 41.4 Å². The van der Waals surface area contributed by atoms with Crippen LogP contribution >= 0.6 is 0 Å². The number of carbonyl (C=O) groups excluding carboxylic acids is 1. The molecule has 6 heteroatoms. The fourth-order valence-electron chi connectivity index (χ4n) is 3.46. The number of nitro benzene ring substituents is 1. The van der Waals surface area contributed by atoms with Crippen LogP contribution in [-0.2, 0) is 6.54 Å². The molecule has 0 saturated heterocycles. The average molecular weight is 365 g/mol. The Labute approximate surface area is 158 Å². The molecule has 1 heterocycles. The van der Waals surface area contributed by atoms with E-state index in [2.05, 4.69) is 16.8 Å². The van der Waals surface area contributed by atoms with E-state index in [4.69, 9.17) is 0 Å². The lowest BCUT2D eigenvalue weighted by molar-refractivity contribution is -0.385. The number of nitrogens with zero attached hydrogens (tertiary/aromatic N) is 2. The highest BCUT2D eigenvalue weighted by atomic mass is 16.6. The van der Waals surface area contributed by atoms with E-state index in [1.165, 1.54) is 6.07 Å². The number of carbonyl (C=O) groups is 1. The summed E-state index contributed by atoms with van der Waals surface area (Å²) in [4.78, 5) is 23.8. The van der Waals surface area contributed by atoms with Crippen molar-refractivity contribution in [1.29, 1.82) is 0 Å². The van der Waals surface area contributed by atoms with Gasteiger partial charge in [-0.05, 0) is 38.0 Å². The van der Waals surface area contributed by atoms with Gasteiger partial charge >= 0.3 is 0 Å². The number of amides is 1. The number of fused-ring (bicyclic) bond motifs is 1. The summed E-state index contributed by atoms with van der Waals surface area (Å²) in [6.45, 7) is 6.46. The number of aromatic nitrogens is 1. The van der Waals surface area contributed by atoms with Crippen molar-refractivity contribution in [2.45, 2.75) is 40.2 Å². The molecule has 0 aliphatic heterocycles. The van der Waals surface area contributed by atoms with Crippen molar-refractivity contribution in [3.05, 3.63) is 69.4 Å². The van der Waals surface area contributed by atoms with Gasteiger partial charge in [-0.1, -0.05) is 37.6 Å². The highest BCUT2D eigenvalue weighted by Gasteiger charge is 2.22. The zero-order valence-electron chi connectivity index (χ0n) is 15.8. The second-order valence-electron chi connectivity index (χ2n) is 6.66. The fraction of sp³-hybridized carbons (Fsp3) is 0.286. The van der Waals surface area contributed by atoms with E-state index >= 15 is 0 Å². The second-order valence-corrected chi connectivity index (χ2v) is 6.66. The van der Waals surface area contributed by atoms with Crippen molar-refractivity contribution in [2.75, 3.05) is 5.32 Å². The van der Waals surface area contributed by atoms with E-state index < -0.39 is 4.92 Å². The molecular formula is C21H23N3O3. The van der Waals surface area contributed by atoms with Crippen LogP contribution in [0.25, 0.3) is 10.9 Å². The summed E-state index contributed by atoms with van der Waals surface area (Å²) in [6, 6.07) is 12.7. The van der Waals surface area contributed by atoms with Gasteiger partial charge < -0.3 is 9.88 Å². The van der Waals surface area contributed by atoms with E-state index in [-0.39, 0.29) is 11.6 Å². The summed E-state index contributed by atoms with van der Waals surface area (Å²) in [6.07, 6.45) is 1.99. The number of nitro groups is 1. The highest BCUT2D eigenvalue weighted by Crippen LogP contribution is 2.29. The topological polar surface area (TPSA) is 77.2 Å². The van der Waals surface area contributed by atoms with Crippen molar-refractivity contribution < 1.29 is 9.72 Å². The molecule has 0 aliphatic carbocycles. The van der Waals surface area contributed by atoms with Gasteiger partial charge in [0.15, 0.2) is 0 Å². The number of nitrogens with one attached hydrogen (secondary N) is 1. The van der Waals surface area contributed by atoms with Crippen LogP contribution in [0.5, 0.6) is 0 Å². The van der Waals surface area contributed by atoms with Crippen LogP contribution in [0.3, 0.4) is 0 Å². The Balaban J connectivity index is 2.05. The van der Waals surface area contributed by atoms with E-state index in [1.807, 2.05) is 31.2 Å². The summed E-state index contributed by atoms with van der Waals surface area (Å²) in [7, 11) is 0. The Morgan fingerprint density at radius 2 is 1.85 bits per heavy atom. The maximum absolute atomic E-state index is 13.1. The number of rotatable bonds is 6. The van der Waals surface area contributed by atoms with Gasteiger partial charge in [-0.25, -0.2) is 0 Å². The normalized spacial score (nSPS) is 10.9. The molecule has 0 radical (unpaired) electrons. The van der Waals surface area contributed by atoms with Crippen molar-refractivity contribution in [3.63, 3.8) is 0 Å². The minimum absolute atomic E-state index is 0.00366. The molecule has 1 amide bonds. The summed E-state index contributed by atoms with van der Waals surface area (Å²) in [5.41, 5.74) is 3.46. The lowest BCUT2D eigenvalue weighted by Gasteiger charge is -2.13. The second kappa shape index (κ2) is 7.61. The largest absolute Gasteiger partial charge is 0.336 e. The van der Waals surface area contributed by atoms with Gasteiger partial charge in [-0.15, -0.1) is 0 Å². The van der Waals surface area contributed by atoms with Crippen molar-refractivity contribution in [2.24, 2.45) is 0 Å². The van der Waals surface area contributed by atoms with E-state index in [9.17, 15) is 14.9 Å². The first-order valence-electron chi connectivity index (χ1n) is 9.08. The predicted octanol–water partition coefficient (Wildman–Crippen LogP) is 5.22. The summed E-state index contributed by atoms with van der Waals surface area (Å²) < 4.78 is 2.05. The molecule has 3 rings (SSSR count). The number of unbranched alkanes of at least 4 members (excludes halogenated alkanes) is 1. The van der Waals surface area contributed by atoms with Crippen LogP contribution in [0, 0.1) is 24.0 Å². The number of hydrogen-bond donors (Lipinski definition) is 1. The molecule has 0 aliphatic rings. The Bertz CT molecular complexity index is 1020. The molecule has 6 nitrogen and oxygen atoms in total. The van der Waals surface area contributed by atoms with Crippen molar-refractivity contribution in [3.8, 4) is 0 Å². The van der Waals surface area contributed by atoms with Crippen LogP contribution in [-0.4, -0.2) is 15.4 Å². The summed E-state index contributed by atoms with van der Waals surface area (Å²) in [5, 5.41) is 15.1. The van der Waals surface area contributed by atoms with E-state index in [1.54, 1.807) is 19.1 Å². The minimum Gasteiger partial charge on any atom is -0.336 e. The Morgan fingerprint density at radius 1 is 1.11 bits per heavy atom. The smallest absolute Gasteiger partial charge is 0.274 e. The third-order valence-electron chi connectivity index (χ3n) is 4.92. The Kier molecular flexibility index (Phi) is 5.26. The maximum Gasteiger partial charge on any atom is 0.274 e. The standard InChI is InChI=1S/C21H23N3O3/c1-4-5-13-23-19-11-7-6-9-16(19)14(2)20(23)21(25)22-17-10-8-12-18(15(17)3)24(26)27/h6-12H,4-5,13H2,1-3H3,(H,22,25). The monoisotopic (exact) mass is 365 g/mol. The van der Waals surface area contributed by atoms with Gasteiger partial charge in [0.1, 0.15) is 5.69 Å². The third-order valence-corrected chi connectivity index (χ3v) is 4.92. The quantitative estimate of drug-likeness (QED) is 0.480. The molecule has 3 aromatic rings. The fourth-order valence-corrected chi connectivity index (χ4v) is 3.46. The first-order chi connectivity index (χ1) is 13.0. The van der Waals surface area contributed by atoms with Crippen LogP contribution in [0.4, 0.5) is 11.4 Å². The van der Waals surface area contributed by atoms with Gasteiger partial charge in [0.2, 0.25) is 0 Å². The molecule has 1 aromatic heterocycles. The SMILES string of the molecule is CCCCn1c(C(=O)Nc2cccc([N+](=O)[O-])c2C)c(C)c2ccccc21. The molecule has 140 valence electrons. The molecule has 0 atom stereocenters. The molecular weight excluding hydrogens is 342 g/mol. The molecule has 0 saturated carbocycles. The third kappa shape index (κ3) is 3.43. The summed E-state index contributed by atoms with van der Waals surface area (Å²) in [5.74, 6) is -0.247. The Morgan fingerprint density at radius 3 is 2.56 bits per heavy atom. The number of aryl methyl sites for hydroxylation is 2. The van der Waals surface area contributed by atoms with E-state index in [0.29, 0.717) is 16.9 Å².